The third-order valence-electron chi connectivity index (χ3n) is 2.45. The lowest BCUT2D eigenvalue weighted by atomic mass is 10.1. The van der Waals surface area contributed by atoms with Gasteiger partial charge in [0.2, 0.25) is 0 Å². The molecule has 4 heteroatoms. The van der Waals surface area contributed by atoms with Crippen LogP contribution >= 0.6 is 0 Å². The second kappa shape index (κ2) is 6.91. The summed E-state index contributed by atoms with van der Waals surface area (Å²) in [6, 6.07) is 7.93. The zero-order valence-corrected chi connectivity index (χ0v) is 10.5. The largest absolute Gasteiger partial charge is 0.469 e. The quantitative estimate of drug-likeness (QED) is 0.769. The lowest BCUT2D eigenvalue weighted by Crippen LogP contribution is -2.21. The van der Waals surface area contributed by atoms with E-state index >= 15 is 0 Å². The van der Waals surface area contributed by atoms with E-state index in [4.69, 9.17) is 4.74 Å². The Labute approximate surface area is 102 Å². The van der Waals surface area contributed by atoms with E-state index < -0.39 is 0 Å². The van der Waals surface area contributed by atoms with Gasteiger partial charge >= 0.3 is 5.97 Å². The van der Waals surface area contributed by atoms with Crippen LogP contribution in [0.15, 0.2) is 24.3 Å². The molecule has 0 aliphatic heterocycles. The maximum Gasteiger partial charge on any atom is 0.310 e. The highest BCUT2D eigenvalue weighted by Crippen LogP contribution is 2.12. The first-order valence-corrected chi connectivity index (χ1v) is 5.57. The maximum absolute atomic E-state index is 11.2. The predicted molar refractivity (Wildman–Crippen MR) is 66.8 cm³/mol. The van der Waals surface area contributed by atoms with Gasteiger partial charge in [-0.15, -0.1) is 0 Å². The van der Waals surface area contributed by atoms with Crippen LogP contribution in [0.25, 0.3) is 0 Å². The summed E-state index contributed by atoms with van der Waals surface area (Å²) in [6.45, 7) is 2.98. The Kier molecular flexibility index (Phi) is 5.49. The highest BCUT2D eigenvalue weighted by molar-refractivity contribution is 5.72. The summed E-state index contributed by atoms with van der Waals surface area (Å²) < 4.78 is 9.73. The molecule has 0 bridgehead atoms. The topological polar surface area (TPSA) is 47.6 Å². The predicted octanol–water partition coefficient (Wildman–Crippen LogP) is 2.05. The fraction of sp³-hybridized carbons (Fsp3) is 0.462. The van der Waals surface area contributed by atoms with Crippen molar-refractivity contribution in [1.82, 2.24) is 0 Å². The lowest BCUT2D eigenvalue weighted by molar-refractivity contribution is -0.144. The van der Waals surface area contributed by atoms with Gasteiger partial charge in [0.15, 0.2) is 0 Å². The molecule has 0 amide bonds. The van der Waals surface area contributed by atoms with Gasteiger partial charge in [0, 0.05) is 19.3 Å². The van der Waals surface area contributed by atoms with Crippen molar-refractivity contribution in [3.63, 3.8) is 0 Å². The highest BCUT2D eigenvalue weighted by atomic mass is 16.5. The maximum atomic E-state index is 11.2. The van der Waals surface area contributed by atoms with Crippen molar-refractivity contribution < 1.29 is 14.3 Å². The fourth-order valence-electron chi connectivity index (χ4n) is 1.49. The molecule has 4 nitrogen and oxygen atoms in total. The highest BCUT2D eigenvalue weighted by Gasteiger charge is 2.12. The summed E-state index contributed by atoms with van der Waals surface area (Å²) in [6.07, 6.45) is 0. The van der Waals surface area contributed by atoms with Crippen LogP contribution in [-0.4, -0.2) is 26.7 Å². The molecular weight excluding hydrogens is 218 g/mol. The molecule has 0 saturated carbocycles. The molecule has 0 radical (unpaired) electrons. The number of methoxy groups -OCH3 is 2. The molecule has 1 aromatic rings. The van der Waals surface area contributed by atoms with Gasteiger partial charge in [-0.05, 0) is 17.7 Å². The van der Waals surface area contributed by atoms with Crippen LogP contribution in [0, 0.1) is 5.92 Å². The monoisotopic (exact) mass is 237 g/mol. The molecule has 94 valence electrons. The van der Waals surface area contributed by atoms with Crippen molar-refractivity contribution in [3.8, 4) is 0 Å². The Bertz CT molecular complexity index is 365. The third kappa shape index (κ3) is 4.44. The van der Waals surface area contributed by atoms with E-state index in [1.165, 1.54) is 7.11 Å². The number of hydrogen-bond acceptors (Lipinski definition) is 4. The van der Waals surface area contributed by atoms with E-state index in [9.17, 15) is 4.79 Å². The number of hydrogen-bond donors (Lipinski definition) is 1. The first kappa shape index (κ1) is 13.5. The fourth-order valence-corrected chi connectivity index (χ4v) is 1.49. The summed E-state index contributed by atoms with van der Waals surface area (Å²) >= 11 is 0. The van der Waals surface area contributed by atoms with Gasteiger partial charge in [-0.25, -0.2) is 0 Å². The van der Waals surface area contributed by atoms with Crippen molar-refractivity contribution >= 4 is 11.7 Å². The summed E-state index contributed by atoms with van der Waals surface area (Å²) in [5.74, 6) is -0.364. The van der Waals surface area contributed by atoms with Crippen LogP contribution in [-0.2, 0) is 20.9 Å². The van der Waals surface area contributed by atoms with Gasteiger partial charge in [-0.1, -0.05) is 19.1 Å². The van der Waals surface area contributed by atoms with Gasteiger partial charge < -0.3 is 14.8 Å². The number of carbonyl (C=O) groups is 1. The minimum atomic E-state index is -0.203. The number of anilines is 1. The van der Waals surface area contributed by atoms with Crippen molar-refractivity contribution in [1.29, 1.82) is 0 Å². The van der Waals surface area contributed by atoms with Crippen LogP contribution in [0.4, 0.5) is 5.69 Å². The smallest absolute Gasteiger partial charge is 0.310 e. The molecular formula is C13H19NO3. The molecule has 0 aliphatic rings. The average molecular weight is 237 g/mol. The Morgan fingerprint density at radius 2 is 2.18 bits per heavy atom. The first-order valence-electron chi connectivity index (χ1n) is 5.57. The van der Waals surface area contributed by atoms with Gasteiger partial charge in [0.1, 0.15) is 0 Å². The van der Waals surface area contributed by atoms with Crippen LogP contribution in [0.3, 0.4) is 0 Å². The Balaban J connectivity index is 2.51. The number of ether oxygens (including phenoxy) is 2. The molecule has 1 atom stereocenters. The molecule has 0 saturated heterocycles. The van der Waals surface area contributed by atoms with Crippen molar-refractivity contribution in [2.24, 2.45) is 5.92 Å². The van der Waals surface area contributed by atoms with Crippen LogP contribution in [0.1, 0.15) is 12.5 Å². The van der Waals surface area contributed by atoms with Crippen LogP contribution < -0.4 is 5.32 Å². The summed E-state index contributed by atoms with van der Waals surface area (Å²) in [5, 5.41) is 3.20. The minimum Gasteiger partial charge on any atom is -0.469 e. The van der Waals surface area contributed by atoms with E-state index in [-0.39, 0.29) is 11.9 Å². The molecule has 0 heterocycles. The average Bonchev–Trinajstić information content (AvgIpc) is 2.36. The van der Waals surface area contributed by atoms with Crippen LogP contribution in [0.2, 0.25) is 0 Å². The van der Waals surface area contributed by atoms with E-state index in [1.54, 1.807) is 7.11 Å². The lowest BCUT2D eigenvalue weighted by Gasteiger charge is -2.12. The standard InChI is InChI=1S/C13H19NO3/c1-10(13(15)17-3)8-14-12-6-4-5-11(7-12)9-16-2/h4-7,10,14H,8-9H2,1-3H3. The molecule has 0 spiro atoms. The van der Waals surface area contributed by atoms with E-state index in [2.05, 4.69) is 10.1 Å². The van der Waals surface area contributed by atoms with Crippen molar-refractivity contribution in [2.75, 3.05) is 26.1 Å². The first-order chi connectivity index (χ1) is 8.17. The van der Waals surface area contributed by atoms with Crippen molar-refractivity contribution in [3.05, 3.63) is 29.8 Å². The Morgan fingerprint density at radius 3 is 2.82 bits per heavy atom. The van der Waals surface area contributed by atoms with E-state index in [1.807, 2.05) is 31.2 Å². The van der Waals surface area contributed by atoms with Gasteiger partial charge in [-0.3, -0.25) is 4.79 Å². The second-order valence-electron chi connectivity index (χ2n) is 3.94. The number of benzene rings is 1. The van der Waals surface area contributed by atoms with E-state index in [0.717, 1.165) is 11.3 Å². The molecule has 0 fully saturated rings. The molecule has 0 aromatic heterocycles. The normalized spacial score (nSPS) is 11.9. The summed E-state index contributed by atoms with van der Waals surface area (Å²) in [5.41, 5.74) is 2.08. The number of nitrogens with one attached hydrogen (secondary N) is 1. The van der Waals surface area contributed by atoms with Gasteiger partial charge in [0.25, 0.3) is 0 Å². The van der Waals surface area contributed by atoms with Crippen molar-refractivity contribution in [2.45, 2.75) is 13.5 Å². The number of esters is 1. The number of carbonyl (C=O) groups excluding carboxylic acids is 1. The molecule has 17 heavy (non-hydrogen) atoms. The van der Waals surface area contributed by atoms with E-state index in [0.29, 0.717) is 13.2 Å². The third-order valence-corrected chi connectivity index (χ3v) is 2.45. The molecule has 1 aromatic carbocycles. The van der Waals surface area contributed by atoms with Crippen LogP contribution in [0.5, 0.6) is 0 Å². The van der Waals surface area contributed by atoms with Gasteiger partial charge in [0.05, 0.1) is 19.6 Å². The second-order valence-corrected chi connectivity index (χ2v) is 3.94. The zero-order valence-electron chi connectivity index (χ0n) is 10.5. The Hall–Kier alpha value is -1.55. The van der Waals surface area contributed by atoms with Gasteiger partial charge in [-0.2, -0.15) is 0 Å². The SMILES string of the molecule is COCc1cccc(NCC(C)C(=O)OC)c1. The molecule has 1 unspecified atom stereocenters. The molecule has 0 aliphatic carbocycles. The Morgan fingerprint density at radius 1 is 1.41 bits per heavy atom. The minimum absolute atomic E-state index is 0.161. The molecule has 1 N–H and O–H groups in total. The zero-order chi connectivity index (χ0) is 12.7. The summed E-state index contributed by atoms with van der Waals surface area (Å²) in [4.78, 5) is 11.2. The number of rotatable bonds is 6. The summed E-state index contributed by atoms with van der Waals surface area (Å²) in [7, 11) is 3.07. The molecule has 1 rings (SSSR count).